The Kier molecular flexibility index (Phi) is 4.61. The van der Waals surface area contributed by atoms with Gasteiger partial charge in [-0.3, -0.25) is 23.6 Å². The van der Waals surface area contributed by atoms with Crippen LogP contribution in [0.15, 0.2) is 9.59 Å². The van der Waals surface area contributed by atoms with Gasteiger partial charge in [0.2, 0.25) is 0 Å². The molecule has 1 aliphatic rings. The molecule has 2 aromatic heterocycles. The minimum Gasteiger partial charge on any atom is -0.379 e. The molecule has 0 spiro atoms. The maximum atomic E-state index is 12.7. The molecule has 136 valence electrons. The van der Waals surface area contributed by atoms with Crippen LogP contribution in [-0.2, 0) is 30.2 Å². The largest absolute Gasteiger partial charge is 0.379 e. The molecule has 1 fully saturated rings. The second kappa shape index (κ2) is 6.57. The van der Waals surface area contributed by atoms with Gasteiger partial charge in [0.1, 0.15) is 5.82 Å². The number of imidazole rings is 1. The van der Waals surface area contributed by atoms with E-state index in [0.29, 0.717) is 31.2 Å². The molecular weight excluding hydrogens is 326 g/mol. The molecule has 0 aromatic carbocycles. The molecule has 0 saturated carbocycles. The van der Waals surface area contributed by atoms with Crippen molar-refractivity contribution in [2.75, 3.05) is 26.3 Å². The van der Waals surface area contributed by atoms with Gasteiger partial charge in [0.05, 0.1) is 25.8 Å². The van der Waals surface area contributed by atoms with Gasteiger partial charge in [0, 0.05) is 27.2 Å². The van der Waals surface area contributed by atoms with E-state index in [1.807, 2.05) is 0 Å². The summed E-state index contributed by atoms with van der Waals surface area (Å²) in [6.07, 6.45) is 0. The summed E-state index contributed by atoms with van der Waals surface area (Å²) >= 11 is 0. The SMILES string of the molecule is CC(=O)C(C)n1c(CN2CCOCC2)nc2c1c(=O)n(C)c(=O)n2C. The highest BCUT2D eigenvalue weighted by atomic mass is 16.5. The van der Waals surface area contributed by atoms with Gasteiger partial charge in [-0.15, -0.1) is 0 Å². The molecular formula is C16H23N5O4. The average Bonchev–Trinajstić information content (AvgIpc) is 2.97. The molecule has 1 aliphatic heterocycles. The molecule has 0 N–H and O–H groups in total. The lowest BCUT2D eigenvalue weighted by molar-refractivity contribution is -0.119. The smallest absolute Gasteiger partial charge is 0.332 e. The number of Topliss-reactive ketones (excluding diaryl/α,β-unsaturated/α-hetero) is 1. The first-order chi connectivity index (χ1) is 11.8. The Bertz CT molecular complexity index is 933. The number of ether oxygens (including phenoxy) is 1. The van der Waals surface area contributed by atoms with Gasteiger partial charge in [-0.1, -0.05) is 0 Å². The molecule has 3 heterocycles. The van der Waals surface area contributed by atoms with E-state index in [0.717, 1.165) is 17.7 Å². The zero-order valence-corrected chi connectivity index (χ0v) is 15.0. The second-order valence-electron chi connectivity index (χ2n) is 6.45. The minimum atomic E-state index is -0.536. The zero-order valence-electron chi connectivity index (χ0n) is 15.0. The van der Waals surface area contributed by atoms with Gasteiger partial charge in [0.15, 0.2) is 16.9 Å². The highest BCUT2D eigenvalue weighted by Crippen LogP contribution is 2.20. The van der Waals surface area contributed by atoms with Crippen LogP contribution in [0.2, 0.25) is 0 Å². The van der Waals surface area contributed by atoms with E-state index in [2.05, 4.69) is 9.88 Å². The Labute approximate surface area is 144 Å². The van der Waals surface area contributed by atoms with Crippen molar-refractivity contribution >= 4 is 16.9 Å². The van der Waals surface area contributed by atoms with E-state index in [9.17, 15) is 14.4 Å². The maximum Gasteiger partial charge on any atom is 0.332 e. The highest BCUT2D eigenvalue weighted by Gasteiger charge is 2.25. The molecule has 2 aromatic rings. The van der Waals surface area contributed by atoms with Gasteiger partial charge in [-0.25, -0.2) is 9.78 Å². The number of aromatic nitrogens is 4. The van der Waals surface area contributed by atoms with Crippen LogP contribution in [0, 0.1) is 0 Å². The van der Waals surface area contributed by atoms with Crippen LogP contribution in [0.4, 0.5) is 0 Å². The van der Waals surface area contributed by atoms with Gasteiger partial charge in [-0.2, -0.15) is 0 Å². The summed E-state index contributed by atoms with van der Waals surface area (Å²) < 4.78 is 9.43. The van der Waals surface area contributed by atoms with Crippen molar-refractivity contribution in [3.05, 3.63) is 26.7 Å². The second-order valence-corrected chi connectivity index (χ2v) is 6.45. The summed E-state index contributed by atoms with van der Waals surface area (Å²) in [5.41, 5.74) is -0.275. The first kappa shape index (κ1) is 17.6. The van der Waals surface area contributed by atoms with Crippen molar-refractivity contribution < 1.29 is 9.53 Å². The lowest BCUT2D eigenvalue weighted by atomic mass is 10.2. The van der Waals surface area contributed by atoms with Crippen molar-refractivity contribution in [2.24, 2.45) is 14.1 Å². The Morgan fingerprint density at radius 3 is 2.44 bits per heavy atom. The molecule has 3 rings (SSSR count). The standard InChI is InChI=1S/C16H23N5O4/c1-10(11(2)22)21-12(9-20-5-7-25-8-6-20)17-14-13(21)15(23)19(4)16(24)18(14)3/h10H,5-9H2,1-4H3. The summed E-state index contributed by atoms with van der Waals surface area (Å²) in [5, 5.41) is 0. The molecule has 25 heavy (non-hydrogen) atoms. The Morgan fingerprint density at radius 1 is 1.20 bits per heavy atom. The van der Waals surface area contributed by atoms with Gasteiger partial charge >= 0.3 is 5.69 Å². The summed E-state index contributed by atoms with van der Waals surface area (Å²) in [7, 11) is 3.01. The van der Waals surface area contributed by atoms with Crippen LogP contribution >= 0.6 is 0 Å². The number of carbonyl (C=O) groups excluding carboxylic acids is 1. The lowest BCUT2D eigenvalue weighted by Gasteiger charge is -2.27. The van der Waals surface area contributed by atoms with Crippen molar-refractivity contribution in [1.29, 1.82) is 0 Å². The minimum absolute atomic E-state index is 0.0709. The Morgan fingerprint density at radius 2 is 1.84 bits per heavy atom. The number of nitrogens with zero attached hydrogens (tertiary/aromatic N) is 5. The summed E-state index contributed by atoms with van der Waals surface area (Å²) in [6, 6.07) is -0.536. The zero-order chi connectivity index (χ0) is 18.3. The van der Waals surface area contributed by atoms with Crippen molar-refractivity contribution in [3.8, 4) is 0 Å². The number of aryl methyl sites for hydroxylation is 1. The fourth-order valence-electron chi connectivity index (χ4n) is 3.13. The monoisotopic (exact) mass is 349 g/mol. The van der Waals surface area contributed by atoms with Crippen molar-refractivity contribution in [3.63, 3.8) is 0 Å². The fraction of sp³-hybridized carbons (Fsp3) is 0.625. The molecule has 0 aliphatic carbocycles. The Hall–Kier alpha value is -2.26. The third-order valence-electron chi connectivity index (χ3n) is 4.81. The lowest BCUT2D eigenvalue weighted by Crippen LogP contribution is -2.38. The van der Waals surface area contributed by atoms with Crippen LogP contribution in [0.5, 0.6) is 0 Å². The van der Waals surface area contributed by atoms with Crippen molar-refractivity contribution in [1.82, 2.24) is 23.6 Å². The maximum absolute atomic E-state index is 12.7. The quantitative estimate of drug-likeness (QED) is 0.733. The predicted molar refractivity (Wildman–Crippen MR) is 91.7 cm³/mol. The molecule has 0 bridgehead atoms. The van der Waals surface area contributed by atoms with E-state index in [-0.39, 0.29) is 11.3 Å². The van der Waals surface area contributed by atoms with Crippen LogP contribution in [0.1, 0.15) is 25.7 Å². The number of rotatable bonds is 4. The third kappa shape index (κ3) is 2.93. The van der Waals surface area contributed by atoms with Crippen LogP contribution in [-0.4, -0.2) is 55.7 Å². The molecule has 0 amide bonds. The third-order valence-corrected chi connectivity index (χ3v) is 4.81. The summed E-state index contributed by atoms with van der Waals surface area (Å²) in [4.78, 5) is 43.6. The Balaban J connectivity index is 2.24. The van der Waals surface area contributed by atoms with Crippen molar-refractivity contribution in [2.45, 2.75) is 26.4 Å². The van der Waals surface area contributed by atoms with Crippen LogP contribution in [0.3, 0.4) is 0 Å². The van der Waals surface area contributed by atoms with E-state index in [1.54, 1.807) is 18.5 Å². The van der Waals surface area contributed by atoms with Gasteiger partial charge < -0.3 is 9.30 Å². The topological polar surface area (TPSA) is 91.4 Å². The number of hydrogen-bond donors (Lipinski definition) is 0. The molecule has 1 atom stereocenters. The van der Waals surface area contributed by atoms with E-state index in [4.69, 9.17) is 4.74 Å². The number of carbonyl (C=O) groups is 1. The molecule has 9 heteroatoms. The normalized spacial score (nSPS) is 17.1. The van der Waals surface area contributed by atoms with Gasteiger partial charge in [0.25, 0.3) is 5.56 Å². The molecule has 0 radical (unpaired) electrons. The summed E-state index contributed by atoms with van der Waals surface area (Å²) in [5.74, 6) is 0.538. The fourth-order valence-corrected chi connectivity index (χ4v) is 3.13. The predicted octanol–water partition coefficient (Wildman–Crippen LogP) is -0.584. The van der Waals surface area contributed by atoms with E-state index in [1.165, 1.54) is 18.5 Å². The molecule has 9 nitrogen and oxygen atoms in total. The number of ketones is 1. The highest BCUT2D eigenvalue weighted by molar-refractivity contribution is 5.82. The number of morpholine rings is 1. The first-order valence-electron chi connectivity index (χ1n) is 8.30. The molecule has 1 unspecified atom stereocenters. The van der Waals surface area contributed by atoms with E-state index >= 15 is 0 Å². The van der Waals surface area contributed by atoms with Crippen LogP contribution < -0.4 is 11.2 Å². The van der Waals surface area contributed by atoms with E-state index < -0.39 is 17.3 Å². The summed E-state index contributed by atoms with van der Waals surface area (Å²) in [6.45, 7) is 6.53. The average molecular weight is 349 g/mol. The first-order valence-corrected chi connectivity index (χ1v) is 8.30. The molecule has 1 saturated heterocycles. The number of fused-ring (bicyclic) bond motifs is 1. The van der Waals surface area contributed by atoms with Gasteiger partial charge in [-0.05, 0) is 13.8 Å². The van der Waals surface area contributed by atoms with Crippen LogP contribution in [0.25, 0.3) is 11.2 Å². The number of hydrogen-bond acceptors (Lipinski definition) is 6.